The molecule has 5 heteroatoms. The summed E-state index contributed by atoms with van der Waals surface area (Å²) >= 11 is 0. The summed E-state index contributed by atoms with van der Waals surface area (Å²) < 4.78 is 24.9. The van der Waals surface area contributed by atoms with Crippen LogP contribution in [0, 0.1) is 5.82 Å². The number of rotatable bonds is 7. The third-order valence-corrected chi connectivity index (χ3v) is 3.31. The van der Waals surface area contributed by atoms with E-state index in [0.29, 0.717) is 29.6 Å². The summed E-state index contributed by atoms with van der Waals surface area (Å²) in [5.41, 5.74) is 1.51. The van der Waals surface area contributed by atoms with Crippen LogP contribution in [-0.2, 0) is 13.2 Å². The standard InChI is InChI=1S/C18H22FNO2.ClH/c1-13(2)20-11-14-8-6-10-17(21-3)18(14)22-12-15-7-4-5-9-16(15)19;/h4-10,13,20H,11-12H2,1-3H3;1H. The van der Waals surface area contributed by atoms with Crippen molar-refractivity contribution in [1.29, 1.82) is 0 Å². The summed E-state index contributed by atoms with van der Waals surface area (Å²) in [4.78, 5) is 0. The lowest BCUT2D eigenvalue weighted by atomic mass is 10.1. The van der Waals surface area contributed by atoms with Gasteiger partial charge in [-0.05, 0) is 12.1 Å². The van der Waals surface area contributed by atoms with Gasteiger partial charge in [0.25, 0.3) is 0 Å². The molecular weight excluding hydrogens is 317 g/mol. The zero-order valence-electron chi connectivity index (χ0n) is 13.6. The summed E-state index contributed by atoms with van der Waals surface area (Å²) in [6.07, 6.45) is 0. The zero-order valence-corrected chi connectivity index (χ0v) is 14.5. The molecule has 0 fully saturated rings. The lowest BCUT2D eigenvalue weighted by Crippen LogP contribution is -2.22. The van der Waals surface area contributed by atoms with Gasteiger partial charge in [-0.25, -0.2) is 4.39 Å². The third kappa shape index (κ3) is 5.41. The highest BCUT2D eigenvalue weighted by Crippen LogP contribution is 2.32. The quantitative estimate of drug-likeness (QED) is 0.814. The SMILES string of the molecule is COc1cccc(CNC(C)C)c1OCc1ccccc1F.Cl. The molecule has 0 amide bonds. The van der Waals surface area contributed by atoms with E-state index in [9.17, 15) is 4.39 Å². The van der Waals surface area contributed by atoms with Crippen molar-refractivity contribution in [3.05, 3.63) is 59.4 Å². The van der Waals surface area contributed by atoms with E-state index in [1.165, 1.54) is 6.07 Å². The fourth-order valence-electron chi connectivity index (χ4n) is 2.10. The van der Waals surface area contributed by atoms with Gasteiger partial charge in [-0.15, -0.1) is 12.4 Å². The van der Waals surface area contributed by atoms with Crippen molar-refractivity contribution in [2.45, 2.75) is 33.0 Å². The first kappa shape index (κ1) is 19.3. The Hall–Kier alpha value is -1.78. The number of para-hydroxylation sites is 1. The van der Waals surface area contributed by atoms with E-state index in [4.69, 9.17) is 9.47 Å². The van der Waals surface area contributed by atoms with Crippen molar-refractivity contribution in [2.75, 3.05) is 7.11 Å². The van der Waals surface area contributed by atoms with Crippen molar-refractivity contribution >= 4 is 12.4 Å². The molecule has 23 heavy (non-hydrogen) atoms. The van der Waals surface area contributed by atoms with Gasteiger partial charge in [0.2, 0.25) is 0 Å². The smallest absolute Gasteiger partial charge is 0.166 e. The Morgan fingerprint density at radius 1 is 1.04 bits per heavy atom. The molecule has 0 aliphatic rings. The molecule has 0 saturated heterocycles. The molecule has 0 radical (unpaired) electrons. The molecule has 0 aliphatic carbocycles. The van der Waals surface area contributed by atoms with Crippen molar-refractivity contribution in [3.8, 4) is 11.5 Å². The summed E-state index contributed by atoms with van der Waals surface area (Å²) in [6, 6.07) is 12.7. The van der Waals surface area contributed by atoms with Gasteiger partial charge in [0.15, 0.2) is 11.5 Å². The normalized spacial score (nSPS) is 10.3. The number of hydrogen-bond acceptors (Lipinski definition) is 3. The maximum absolute atomic E-state index is 13.7. The molecule has 0 bridgehead atoms. The van der Waals surface area contributed by atoms with Crippen molar-refractivity contribution in [1.82, 2.24) is 5.32 Å². The van der Waals surface area contributed by atoms with Crippen molar-refractivity contribution in [3.63, 3.8) is 0 Å². The van der Waals surface area contributed by atoms with E-state index in [0.717, 1.165) is 5.56 Å². The number of methoxy groups -OCH3 is 1. The van der Waals surface area contributed by atoms with E-state index in [1.54, 1.807) is 25.3 Å². The molecule has 0 heterocycles. The first-order chi connectivity index (χ1) is 10.6. The zero-order chi connectivity index (χ0) is 15.9. The topological polar surface area (TPSA) is 30.5 Å². The van der Waals surface area contributed by atoms with Crippen LogP contribution in [0.25, 0.3) is 0 Å². The summed E-state index contributed by atoms with van der Waals surface area (Å²) in [6.45, 7) is 5.00. The van der Waals surface area contributed by atoms with Crippen LogP contribution in [0.5, 0.6) is 11.5 Å². The minimum absolute atomic E-state index is 0. The number of hydrogen-bond donors (Lipinski definition) is 1. The molecule has 0 unspecified atom stereocenters. The van der Waals surface area contributed by atoms with Gasteiger partial charge < -0.3 is 14.8 Å². The van der Waals surface area contributed by atoms with E-state index in [-0.39, 0.29) is 24.8 Å². The molecule has 0 aliphatic heterocycles. The Labute approximate surface area is 143 Å². The first-order valence-corrected chi connectivity index (χ1v) is 7.37. The van der Waals surface area contributed by atoms with Crippen LogP contribution < -0.4 is 14.8 Å². The van der Waals surface area contributed by atoms with Crippen LogP contribution in [0.15, 0.2) is 42.5 Å². The van der Waals surface area contributed by atoms with E-state index < -0.39 is 0 Å². The fraction of sp³-hybridized carbons (Fsp3) is 0.333. The van der Waals surface area contributed by atoms with Gasteiger partial charge >= 0.3 is 0 Å². The lowest BCUT2D eigenvalue weighted by molar-refractivity contribution is 0.275. The van der Waals surface area contributed by atoms with Gasteiger partial charge in [0, 0.05) is 23.7 Å². The second kappa shape index (κ2) is 9.38. The van der Waals surface area contributed by atoms with Crippen LogP contribution in [-0.4, -0.2) is 13.2 Å². The van der Waals surface area contributed by atoms with Crippen molar-refractivity contribution in [2.24, 2.45) is 0 Å². The lowest BCUT2D eigenvalue weighted by Gasteiger charge is -2.16. The van der Waals surface area contributed by atoms with Crippen molar-refractivity contribution < 1.29 is 13.9 Å². The average molecular weight is 340 g/mol. The molecule has 3 nitrogen and oxygen atoms in total. The minimum atomic E-state index is -0.265. The van der Waals surface area contributed by atoms with Crippen LogP contribution in [0.3, 0.4) is 0 Å². The summed E-state index contributed by atoms with van der Waals surface area (Å²) in [5, 5.41) is 3.35. The van der Waals surface area contributed by atoms with Crippen LogP contribution in [0.1, 0.15) is 25.0 Å². The van der Waals surface area contributed by atoms with E-state index in [1.807, 2.05) is 18.2 Å². The van der Waals surface area contributed by atoms with Gasteiger partial charge in [0.05, 0.1) is 7.11 Å². The first-order valence-electron chi connectivity index (χ1n) is 7.37. The molecule has 0 spiro atoms. The molecule has 126 valence electrons. The maximum Gasteiger partial charge on any atom is 0.166 e. The highest BCUT2D eigenvalue weighted by Gasteiger charge is 2.12. The Kier molecular flexibility index (Phi) is 7.86. The Bertz CT molecular complexity index is 620. The number of ether oxygens (including phenoxy) is 2. The number of nitrogens with one attached hydrogen (secondary N) is 1. The predicted octanol–water partition coefficient (Wildman–Crippen LogP) is 4.33. The fourth-order valence-corrected chi connectivity index (χ4v) is 2.10. The van der Waals surface area contributed by atoms with Crippen LogP contribution in [0.2, 0.25) is 0 Å². The van der Waals surface area contributed by atoms with Gasteiger partial charge in [-0.2, -0.15) is 0 Å². The molecule has 2 rings (SSSR count). The van der Waals surface area contributed by atoms with Gasteiger partial charge in [-0.3, -0.25) is 0 Å². The second-order valence-electron chi connectivity index (χ2n) is 5.36. The molecular formula is C18H23ClFNO2. The molecule has 0 saturated carbocycles. The Morgan fingerprint density at radius 2 is 1.74 bits per heavy atom. The monoisotopic (exact) mass is 339 g/mol. The largest absolute Gasteiger partial charge is 0.493 e. The predicted molar refractivity (Wildman–Crippen MR) is 92.9 cm³/mol. The summed E-state index contributed by atoms with van der Waals surface area (Å²) in [5.74, 6) is 1.04. The average Bonchev–Trinajstić information content (AvgIpc) is 2.52. The molecule has 2 aromatic carbocycles. The molecule has 0 aromatic heterocycles. The summed E-state index contributed by atoms with van der Waals surface area (Å²) in [7, 11) is 1.60. The number of halogens is 2. The Morgan fingerprint density at radius 3 is 2.39 bits per heavy atom. The molecule has 1 N–H and O–H groups in total. The minimum Gasteiger partial charge on any atom is -0.493 e. The third-order valence-electron chi connectivity index (χ3n) is 3.31. The molecule has 2 aromatic rings. The van der Waals surface area contributed by atoms with E-state index >= 15 is 0 Å². The highest BCUT2D eigenvalue weighted by molar-refractivity contribution is 5.85. The highest BCUT2D eigenvalue weighted by atomic mass is 35.5. The van der Waals surface area contributed by atoms with Gasteiger partial charge in [-0.1, -0.05) is 44.2 Å². The second-order valence-corrected chi connectivity index (χ2v) is 5.36. The Balaban J connectivity index is 0.00000264. The van der Waals surface area contributed by atoms with Crippen LogP contribution in [0.4, 0.5) is 4.39 Å². The van der Waals surface area contributed by atoms with Gasteiger partial charge in [0.1, 0.15) is 12.4 Å². The maximum atomic E-state index is 13.7. The van der Waals surface area contributed by atoms with E-state index in [2.05, 4.69) is 19.2 Å². The molecule has 0 atom stereocenters. The number of benzene rings is 2. The van der Waals surface area contributed by atoms with Crippen LogP contribution >= 0.6 is 12.4 Å².